The lowest BCUT2D eigenvalue weighted by molar-refractivity contribution is 0.131. The Kier molecular flexibility index (Phi) is 6.26. The van der Waals surface area contributed by atoms with Gasteiger partial charge in [-0.2, -0.15) is 0 Å². The van der Waals surface area contributed by atoms with Crippen molar-refractivity contribution in [3.05, 3.63) is 24.7 Å². The van der Waals surface area contributed by atoms with Gasteiger partial charge in [-0.3, -0.25) is 0 Å². The van der Waals surface area contributed by atoms with Gasteiger partial charge in [0.2, 0.25) is 0 Å². The molecule has 0 fully saturated rings. The molecule has 0 aliphatic carbocycles. The van der Waals surface area contributed by atoms with Crippen molar-refractivity contribution in [3.8, 4) is 0 Å². The van der Waals surface area contributed by atoms with Crippen molar-refractivity contribution < 1.29 is 9.16 Å². The van der Waals surface area contributed by atoms with Crippen molar-refractivity contribution in [2.45, 2.75) is 38.9 Å². The molecule has 0 rings (SSSR count). The van der Waals surface area contributed by atoms with E-state index in [4.69, 9.17) is 9.16 Å². The summed E-state index contributed by atoms with van der Waals surface area (Å²) in [4.78, 5) is 0. The van der Waals surface area contributed by atoms with Crippen molar-refractivity contribution in [2.24, 2.45) is 0 Å². The highest BCUT2D eigenvalue weighted by molar-refractivity contribution is 7.98. The van der Waals surface area contributed by atoms with Crippen LogP contribution in [0.25, 0.3) is 0 Å². The molecule has 16 heavy (non-hydrogen) atoms. The summed E-state index contributed by atoms with van der Waals surface area (Å²) < 4.78 is 11.6. The van der Waals surface area contributed by atoms with Crippen LogP contribution in [0.4, 0.5) is 0 Å². The van der Waals surface area contributed by atoms with Crippen LogP contribution in [0.15, 0.2) is 24.7 Å². The first-order valence-electron chi connectivity index (χ1n) is 5.38. The van der Waals surface area contributed by atoms with Crippen LogP contribution in [0.3, 0.4) is 0 Å². The molecule has 0 radical (unpaired) electrons. The van der Waals surface area contributed by atoms with Crippen LogP contribution in [0.1, 0.15) is 20.8 Å². The second kappa shape index (κ2) is 6.40. The lowest BCUT2D eigenvalue weighted by atomic mass is 10.2. The molecular weight excluding hydrogens is 236 g/mol. The van der Waals surface area contributed by atoms with E-state index in [9.17, 15) is 0 Å². The molecule has 94 valence electrons. The Balaban J connectivity index is 4.63. The SMILES string of the molecule is C=C/C=C(/OCSC)O[Si](C)(C)C(C)(C)C. The molecule has 4 heteroatoms. The first-order valence-corrected chi connectivity index (χ1v) is 9.68. The number of rotatable bonds is 6. The standard InChI is InChI=1S/C12H24O2SSi/c1-8-9-11(13-10-15-5)14-16(6,7)12(2,3)4/h8-9H,1,10H2,2-7H3/b11-9-. The lowest BCUT2D eigenvalue weighted by Crippen LogP contribution is -2.40. The maximum Gasteiger partial charge on any atom is 0.266 e. The highest BCUT2D eigenvalue weighted by atomic mass is 32.2. The highest BCUT2D eigenvalue weighted by Crippen LogP contribution is 2.38. The van der Waals surface area contributed by atoms with Gasteiger partial charge in [0, 0.05) is 6.08 Å². The van der Waals surface area contributed by atoms with E-state index < -0.39 is 8.32 Å². The average Bonchev–Trinajstić information content (AvgIpc) is 2.12. The topological polar surface area (TPSA) is 18.5 Å². The molecule has 0 N–H and O–H groups in total. The van der Waals surface area contributed by atoms with Crippen molar-refractivity contribution in [2.75, 3.05) is 12.2 Å². The molecule has 0 saturated heterocycles. The average molecular weight is 260 g/mol. The van der Waals surface area contributed by atoms with Gasteiger partial charge in [0.1, 0.15) is 5.94 Å². The van der Waals surface area contributed by atoms with Gasteiger partial charge in [0.05, 0.1) is 0 Å². The van der Waals surface area contributed by atoms with Crippen LogP contribution < -0.4 is 0 Å². The van der Waals surface area contributed by atoms with Gasteiger partial charge in [0.25, 0.3) is 14.3 Å². The normalized spacial score (nSPS) is 13.5. The fraction of sp³-hybridized carbons (Fsp3) is 0.667. The largest absolute Gasteiger partial charge is 0.519 e. The third-order valence-corrected chi connectivity index (χ3v) is 7.41. The predicted molar refractivity (Wildman–Crippen MR) is 76.0 cm³/mol. The molecule has 0 aromatic heterocycles. The predicted octanol–water partition coefficient (Wildman–Crippen LogP) is 4.37. The van der Waals surface area contributed by atoms with Crippen molar-refractivity contribution in [1.82, 2.24) is 0 Å². The Bertz CT molecular complexity index is 254. The minimum Gasteiger partial charge on any atom is -0.519 e. The number of hydrogen-bond acceptors (Lipinski definition) is 3. The van der Waals surface area contributed by atoms with E-state index in [2.05, 4.69) is 40.4 Å². The van der Waals surface area contributed by atoms with Crippen LogP contribution >= 0.6 is 11.8 Å². The van der Waals surface area contributed by atoms with Crippen LogP contribution in [0, 0.1) is 0 Å². The molecule has 0 bridgehead atoms. The van der Waals surface area contributed by atoms with Crippen molar-refractivity contribution in [3.63, 3.8) is 0 Å². The molecule has 0 aromatic carbocycles. The smallest absolute Gasteiger partial charge is 0.266 e. The third kappa shape index (κ3) is 5.12. The Hall–Kier alpha value is -0.353. The lowest BCUT2D eigenvalue weighted by Gasteiger charge is -2.36. The van der Waals surface area contributed by atoms with E-state index in [-0.39, 0.29) is 5.04 Å². The Morgan fingerprint density at radius 3 is 2.31 bits per heavy atom. The maximum atomic E-state index is 6.04. The molecule has 0 heterocycles. The molecule has 0 saturated carbocycles. The second-order valence-electron chi connectivity index (χ2n) is 5.13. The number of ether oxygens (including phenoxy) is 1. The summed E-state index contributed by atoms with van der Waals surface area (Å²) in [6, 6.07) is 0. The number of allylic oxidation sites excluding steroid dienone is 2. The van der Waals surface area contributed by atoms with Gasteiger partial charge in [-0.15, -0.1) is 11.8 Å². The van der Waals surface area contributed by atoms with Gasteiger partial charge in [-0.25, -0.2) is 0 Å². The zero-order valence-electron chi connectivity index (χ0n) is 11.3. The van der Waals surface area contributed by atoms with Gasteiger partial charge >= 0.3 is 0 Å². The molecule has 0 aliphatic rings. The second-order valence-corrected chi connectivity index (χ2v) is 10.7. The van der Waals surface area contributed by atoms with E-state index in [1.165, 1.54) is 0 Å². The molecule has 0 aromatic rings. The van der Waals surface area contributed by atoms with E-state index in [0.29, 0.717) is 11.9 Å². The van der Waals surface area contributed by atoms with Crippen LogP contribution in [0.2, 0.25) is 18.1 Å². The quantitative estimate of drug-likeness (QED) is 0.306. The molecule has 0 aliphatic heterocycles. The maximum absolute atomic E-state index is 6.04. The fourth-order valence-corrected chi connectivity index (χ4v) is 1.90. The summed E-state index contributed by atoms with van der Waals surface area (Å²) in [5.74, 6) is 1.20. The van der Waals surface area contributed by atoms with Gasteiger partial charge < -0.3 is 9.16 Å². The van der Waals surface area contributed by atoms with Crippen LogP contribution in [0.5, 0.6) is 0 Å². The number of hydrogen-bond donors (Lipinski definition) is 0. The van der Waals surface area contributed by atoms with Gasteiger partial charge in [0.15, 0.2) is 0 Å². The van der Waals surface area contributed by atoms with Crippen LogP contribution in [-0.4, -0.2) is 20.5 Å². The summed E-state index contributed by atoms with van der Waals surface area (Å²) in [5.41, 5.74) is 0. The van der Waals surface area contributed by atoms with Crippen molar-refractivity contribution in [1.29, 1.82) is 0 Å². The summed E-state index contributed by atoms with van der Waals surface area (Å²) in [6.07, 6.45) is 5.48. The monoisotopic (exact) mass is 260 g/mol. The molecule has 2 nitrogen and oxygen atoms in total. The molecule has 0 amide bonds. The van der Waals surface area contributed by atoms with Gasteiger partial charge in [-0.05, 0) is 24.4 Å². The van der Waals surface area contributed by atoms with Crippen LogP contribution in [-0.2, 0) is 9.16 Å². The molecule has 0 spiro atoms. The zero-order chi connectivity index (χ0) is 12.8. The Labute approximate surface area is 105 Å². The van der Waals surface area contributed by atoms with Gasteiger partial charge in [-0.1, -0.05) is 33.4 Å². The van der Waals surface area contributed by atoms with E-state index >= 15 is 0 Å². The van der Waals surface area contributed by atoms with E-state index in [1.54, 1.807) is 23.9 Å². The van der Waals surface area contributed by atoms with Crippen molar-refractivity contribution >= 4 is 20.1 Å². The Morgan fingerprint density at radius 2 is 1.94 bits per heavy atom. The molecular formula is C12H24O2SSi. The highest BCUT2D eigenvalue weighted by Gasteiger charge is 2.39. The fourth-order valence-electron chi connectivity index (χ4n) is 0.729. The molecule has 0 atom stereocenters. The number of thioether (sulfide) groups is 1. The first kappa shape index (κ1) is 15.6. The first-order chi connectivity index (χ1) is 7.24. The molecule has 0 unspecified atom stereocenters. The summed E-state index contributed by atoms with van der Waals surface area (Å²) >= 11 is 1.63. The minimum atomic E-state index is -1.81. The minimum absolute atomic E-state index is 0.177. The summed E-state index contributed by atoms with van der Waals surface area (Å²) in [5, 5.41) is 0.177. The zero-order valence-corrected chi connectivity index (χ0v) is 13.1. The van der Waals surface area contributed by atoms with E-state index in [1.807, 2.05) is 6.26 Å². The third-order valence-electron chi connectivity index (χ3n) is 2.73. The summed E-state index contributed by atoms with van der Waals surface area (Å²) in [6.45, 7) is 14.7. The van der Waals surface area contributed by atoms with E-state index in [0.717, 1.165) is 0 Å². The Morgan fingerprint density at radius 1 is 1.38 bits per heavy atom. The summed E-state index contributed by atoms with van der Waals surface area (Å²) in [7, 11) is -1.81.